The molecule has 0 unspecified atom stereocenters. The number of sulfonamides is 1. The lowest BCUT2D eigenvalue weighted by Gasteiger charge is -2.33. The summed E-state index contributed by atoms with van der Waals surface area (Å²) in [6.07, 6.45) is 0.789. The van der Waals surface area contributed by atoms with Crippen molar-refractivity contribution in [2.45, 2.75) is 24.8 Å². The molecule has 9 heteroatoms. The molecule has 3 heterocycles. The third-order valence-corrected chi connectivity index (χ3v) is 7.46. The van der Waals surface area contributed by atoms with Crippen LogP contribution in [0, 0.1) is 6.92 Å². The fourth-order valence-electron chi connectivity index (χ4n) is 3.29. The third kappa shape index (κ3) is 4.11. The van der Waals surface area contributed by atoms with Crippen molar-refractivity contribution in [1.82, 2.24) is 14.2 Å². The zero-order chi connectivity index (χ0) is 18.9. The predicted octanol–water partition coefficient (Wildman–Crippen LogP) is 2.12. The summed E-state index contributed by atoms with van der Waals surface area (Å²) in [5, 5.41) is 3.12. The van der Waals surface area contributed by atoms with E-state index in [0.717, 1.165) is 23.7 Å². The van der Waals surface area contributed by atoms with Crippen LogP contribution in [-0.2, 0) is 16.6 Å². The highest BCUT2D eigenvalue weighted by Gasteiger charge is 2.29. The van der Waals surface area contributed by atoms with Gasteiger partial charge in [0.15, 0.2) is 11.5 Å². The van der Waals surface area contributed by atoms with E-state index < -0.39 is 10.0 Å². The molecule has 2 aliphatic rings. The van der Waals surface area contributed by atoms with Crippen molar-refractivity contribution in [1.29, 1.82) is 0 Å². The first-order valence-electron chi connectivity index (χ1n) is 9.05. The molecule has 7 nitrogen and oxygen atoms in total. The molecular weight excluding hydrogens is 386 g/mol. The second kappa shape index (κ2) is 7.75. The van der Waals surface area contributed by atoms with Gasteiger partial charge in [0, 0.05) is 50.6 Å². The molecule has 2 aromatic rings. The third-order valence-electron chi connectivity index (χ3n) is 4.74. The van der Waals surface area contributed by atoms with Crippen LogP contribution in [0.15, 0.2) is 28.5 Å². The zero-order valence-electron chi connectivity index (χ0n) is 15.3. The highest BCUT2D eigenvalue weighted by Crippen LogP contribution is 2.33. The molecule has 0 amide bonds. The summed E-state index contributed by atoms with van der Waals surface area (Å²) >= 11 is 1.64. The zero-order valence-corrected chi connectivity index (χ0v) is 16.9. The normalized spacial score (nSPS) is 19.0. The van der Waals surface area contributed by atoms with E-state index in [1.165, 1.54) is 0 Å². The van der Waals surface area contributed by atoms with E-state index in [0.29, 0.717) is 50.9 Å². The minimum atomic E-state index is -3.54. The SMILES string of the molecule is Cc1nc(CN2CCN(S(=O)(=O)c3ccc4c(c3)OCCCO4)CC2)cs1. The van der Waals surface area contributed by atoms with Crippen molar-refractivity contribution in [3.8, 4) is 11.5 Å². The molecule has 146 valence electrons. The molecule has 0 spiro atoms. The molecule has 0 N–H and O–H groups in total. The smallest absolute Gasteiger partial charge is 0.243 e. The second-order valence-corrected chi connectivity index (χ2v) is 9.70. The van der Waals surface area contributed by atoms with Gasteiger partial charge in [0.05, 0.1) is 28.8 Å². The van der Waals surface area contributed by atoms with Gasteiger partial charge in [0.2, 0.25) is 10.0 Å². The maximum absolute atomic E-state index is 13.0. The summed E-state index contributed by atoms with van der Waals surface area (Å²) in [5.41, 5.74) is 1.05. The summed E-state index contributed by atoms with van der Waals surface area (Å²) in [4.78, 5) is 6.99. The number of aromatic nitrogens is 1. The van der Waals surface area contributed by atoms with E-state index >= 15 is 0 Å². The Morgan fingerprint density at radius 3 is 2.56 bits per heavy atom. The Bertz CT molecular complexity index is 905. The van der Waals surface area contributed by atoms with E-state index in [4.69, 9.17) is 9.47 Å². The molecule has 0 aliphatic carbocycles. The first-order valence-corrected chi connectivity index (χ1v) is 11.4. The number of hydrogen-bond acceptors (Lipinski definition) is 7. The van der Waals surface area contributed by atoms with Crippen molar-refractivity contribution in [2.24, 2.45) is 0 Å². The van der Waals surface area contributed by atoms with E-state index in [2.05, 4.69) is 15.3 Å². The van der Waals surface area contributed by atoms with E-state index in [9.17, 15) is 8.42 Å². The molecule has 0 radical (unpaired) electrons. The van der Waals surface area contributed by atoms with Gasteiger partial charge in [-0.2, -0.15) is 4.31 Å². The highest BCUT2D eigenvalue weighted by atomic mass is 32.2. The lowest BCUT2D eigenvalue weighted by molar-refractivity contribution is 0.180. The number of ether oxygens (including phenoxy) is 2. The molecule has 0 atom stereocenters. The Morgan fingerprint density at radius 2 is 1.85 bits per heavy atom. The lowest BCUT2D eigenvalue weighted by atomic mass is 10.3. The van der Waals surface area contributed by atoms with Crippen LogP contribution in [0.25, 0.3) is 0 Å². The van der Waals surface area contributed by atoms with Crippen molar-refractivity contribution in [3.05, 3.63) is 34.3 Å². The number of hydrogen-bond donors (Lipinski definition) is 0. The minimum absolute atomic E-state index is 0.260. The van der Waals surface area contributed by atoms with Gasteiger partial charge in [-0.05, 0) is 19.1 Å². The van der Waals surface area contributed by atoms with Crippen LogP contribution in [0.4, 0.5) is 0 Å². The maximum Gasteiger partial charge on any atom is 0.243 e. The fourth-order valence-corrected chi connectivity index (χ4v) is 5.33. The van der Waals surface area contributed by atoms with Crippen LogP contribution in [-0.4, -0.2) is 62.0 Å². The molecular formula is C18H23N3O4S2. The molecule has 1 fully saturated rings. The Labute approximate surface area is 163 Å². The Hall–Kier alpha value is -1.68. The van der Waals surface area contributed by atoms with E-state index in [1.807, 2.05) is 6.92 Å². The van der Waals surface area contributed by atoms with Gasteiger partial charge in [0.25, 0.3) is 0 Å². The summed E-state index contributed by atoms with van der Waals surface area (Å²) in [5.74, 6) is 1.11. The molecule has 1 aromatic carbocycles. The first-order chi connectivity index (χ1) is 13.0. The van der Waals surface area contributed by atoms with Gasteiger partial charge in [-0.25, -0.2) is 13.4 Å². The van der Waals surface area contributed by atoms with Gasteiger partial charge >= 0.3 is 0 Å². The van der Waals surface area contributed by atoms with Gasteiger partial charge in [0.1, 0.15) is 0 Å². The number of aryl methyl sites for hydroxylation is 1. The van der Waals surface area contributed by atoms with E-state index in [-0.39, 0.29) is 4.90 Å². The number of piperazine rings is 1. The van der Waals surface area contributed by atoms with Crippen molar-refractivity contribution < 1.29 is 17.9 Å². The Morgan fingerprint density at radius 1 is 1.11 bits per heavy atom. The summed E-state index contributed by atoms with van der Waals surface area (Å²) in [6, 6.07) is 4.88. The lowest BCUT2D eigenvalue weighted by Crippen LogP contribution is -2.48. The standard InChI is InChI=1S/C18H23N3O4S2/c1-14-19-15(13-26-14)12-20-5-7-21(8-6-20)27(22,23)16-3-4-17-18(11-16)25-10-2-9-24-17/h3-4,11,13H,2,5-10,12H2,1H3. The van der Waals surface area contributed by atoms with Crippen LogP contribution in [0.1, 0.15) is 17.1 Å². The topological polar surface area (TPSA) is 72.0 Å². The average Bonchev–Trinajstić information content (AvgIpc) is 2.92. The molecule has 1 aromatic heterocycles. The minimum Gasteiger partial charge on any atom is -0.490 e. The fraction of sp³-hybridized carbons (Fsp3) is 0.500. The molecule has 2 aliphatic heterocycles. The van der Waals surface area contributed by atoms with Crippen LogP contribution in [0.5, 0.6) is 11.5 Å². The van der Waals surface area contributed by atoms with Crippen LogP contribution >= 0.6 is 11.3 Å². The average molecular weight is 410 g/mol. The first kappa shape index (κ1) is 18.7. The Kier molecular flexibility index (Phi) is 5.36. The number of benzene rings is 1. The van der Waals surface area contributed by atoms with Gasteiger partial charge in [-0.15, -0.1) is 11.3 Å². The van der Waals surface area contributed by atoms with Crippen molar-refractivity contribution in [3.63, 3.8) is 0 Å². The largest absolute Gasteiger partial charge is 0.490 e. The summed E-state index contributed by atoms with van der Waals surface area (Å²) in [7, 11) is -3.54. The molecule has 1 saturated heterocycles. The second-order valence-electron chi connectivity index (χ2n) is 6.70. The van der Waals surface area contributed by atoms with Crippen LogP contribution in [0.2, 0.25) is 0 Å². The predicted molar refractivity (Wildman–Crippen MR) is 103 cm³/mol. The van der Waals surface area contributed by atoms with Gasteiger partial charge in [-0.3, -0.25) is 4.90 Å². The van der Waals surface area contributed by atoms with E-state index in [1.54, 1.807) is 33.8 Å². The van der Waals surface area contributed by atoms with Gasteiger partial charge in [-0.1, -0.05) is 0 Å². The number of rotatable bonds is 4. The molecule has 0 bridgehead atoms. The van der Waals surface area contributed by atoms with Gasteiger partial charge < -0.3 is 9.47 Å². The number of fused-ring (bicyclic) bond motifs is 1. The quantitative estimate of drug-likeness (QED) is 0.770. The maximum atomic E-state index is 13.0. The monoisotopic (exact) mass is 409 g/mol. The van der Waals surface area contributed by atoms with Crippen LogP contribution < -0.4 is 9.47 Å². The highest BCUT2D eigenvalue weighted by molar-refractivity contribution is 7.89. The summed E-state index contributed by atoms with van der Waals surface area (Å²) in [6.45, 7) is 6.21. The number of nitrogens with zero attached hydrogens (tertiary/aromatic N) is 3. The van der Waals surface area contributed by atoms with Crippen molar-refractivity contribution >= 4 is 21.4 Å². The summed E-state index contributed by atoms with van der Waals surface area (Å²) < 4.78 is 38.8. The Balaban J connectivity index is 1.43. The van der Waals surface area contributed by atoms with Crippen molar-refractivity contribution in [2.75, 3.05) is 39.4 Å². The van der Waals surface area contributed by atoms with Crippen LogP contribution in [0.3, 0.4) is 0 Å². The molecule has 0 saturated carbocycles. The number of thiazole rings is 1. The molecule has 27 heavy (non-hydrogen) atoms. The molecule has 4 rings (SSSR count).